The van der Waals surface area contributed by atoms with Gasteiger partial charge in [-0.15, -0.1) is 0 Å². The van der Waals surface area contributed by atoms with Crippen LogP contribution in [0.2, 0.25) is 0 Å². The summed E-state index contributed by atoms with van der Waals surface area (Å²) in [5.41, 5.74) is 4.12. The number of aromatic nitrogens is 1. The minimum Gasteiger partial charge on any atom is -0.358 e. The smallest absolute Gasteiger partial charge is 0.243 e. The SMILES string of the molecule is Cc1ccccc1S(=O)(=O)N1CCc2[nH]c3ccccc3c2C1. The quantitative estimate of drug-likeness (QED) is 0.786. The lowest BCUT2D eigenvalue weighted by Gasteiger charge is -2.27. The van der Waals surface area contributed by atoms with Crippen molar-refractivity contribution in [3.8, 4) is 0 Å². The summed E-state index contributed by atoms with van der Waals surface area (Å²) < 4.78 is 27.6. The van der Waals surface area contributed by atoms with Crippen LogP contribution < -0.4 is 0 Å². The van der Waals surface area contributed by atoms with Crippen molar-refractivity contribution in [2.75, 3.05) is 6.54 Å². The fourth-order valence-electron chi connectivity index (χ4n) is 3.33. The molecule has 0 radical (unpaired) electrons. The van der Waals surface area contributed by atoms with E-state index in [9.17, 15) is 8.42 Å². The average molecular weight is 326 g/mol. The number of hydrogen-bond donors (Lipinski definition) is 1. The number of benzene rings is 2. The van der Waals surface area contributed by atoms with Crippen LogP contribution in [-0.2, 0) is 23.0 Å². The van der Waals surface area contributed by atoms with Gasteiger partial charge in [-0.2, -0.15) is 4.31 Å². The van der Waals surface area contributed by atoms with Crippen molar-refractivity contribution in [1.29, 1.82) is 0 Å². The maximum absolute atomic E-state index is 13.0. The fourth-order valence-corrected chi connectivity index (χ4v) is 4.97. The molecule has 2 heterocycles. The van der Waals surface area contributed by atoms with E-state index >= 15 is 0 Å². The van der Waals surface area contributed by atoms with Gasteiger partial charge >= 0.3 is 0 Å². The zero-order valence-electron chi connectivity index (χ0n) is 12.9. The first-order valence-electron chi connectivity index (χ1n) is 7.71. The summed E-state index contributed by atoms with van der Waals surface area (Å²) in [4.78, 5) is 3.82. The molecule has 118 valence electrons. The van der Waals surface area contributed by atoms with Gasteiger partial charge in [-0.3, -0.25) is 0 Å². The second-order valence-corrected chi connectivity index (χ2v) is 7.89. The van der Waals surface area contributed by atoms with Crippen LogP contribution in [0.1, 0.15) is 16.8 Å². The first-order valence-corrected chi connectivity index (χ1v) is 9.15. The third-order valence-corrected chi connectivity index (χ3v) is 6.56. The number of sulfonamides is 1. The second-order valence-electron chi connectivity index (χ2n) is 5.98. The van der Waals surface area contributed by atoms with Crippen molar-refractivity contribution >= 4 is 20.9 Å². The Labute approximate surface area is 135 Å². The predicted molar refractivity (Wildman–Crippen MR) is 90.8 cm³/mol. The first-order chi connectivity index (χ1) is 11.1. The van der Waals surface area contributed by atoms with Crippen molar-refractivity contribution in [1.82, 2.24) is 9.29 Å². The average Bonchev–Trinajstić information content (AvgIpc) is 2.93. The summed E-state index contributed by atoms with van der Waals surface area (Å²) in [5, 5.41) is 1.12. The highest BCUT2D eigenvalue weighted by Gasteiger charge is 2.30. The van der Waals surface area contributed by atoms with Gasteiger partial charge in [0.25, 0.3) is 0 Å². The van der Waals surface area contributed by atoms with Gasteiger partial charge in [0.1, 0.15) is 0 Å². The molecule has 4 nitrogen and oxygen atoms in total. The molecule has 0 saturated heterocycles. The molecule has 0 atom stereocenters. The summed E-state index contributed by atoms with van der Waals surface area (Å²) in [5.74, 6) is 0. The Hall–Kier alpha value is -2.11. The number of nitrogens with one attached hydrogen (secondary N) is 1. The molecule has 1 aromatic heterocycles. The lowest BCUT2D eigenvalue weighted by atomic mass is 10.1. The van der Waals surface area contributed by atoms with Gasteiger partial charge in [0.2, 0.25) is 10.0 Å². The predicted octanol–water partition coefficient (Wildman–Crippen LogP) is 3.22. The Morgan fingerprint density at radius 2 is 1.78 bits per heavy atom. The van der Waals surface area contributed by atoms with Crippen molar-refractivity contribution < 1.29 is 8.42 Å². The minimum atomic E-state index is -3.46. The Balaban J connectivity index is 1.77. The zero-order chi connectivity index (χ0) is 16.0. The minimum absolute atomic E-state index is 0.406. The van der Waals surface area contributed by atoms with Gasteiger partial charge < -0.3 is 4.98 Å². The summed E-state index contributed by atoms with van der Waals surface area (Å²) in [6, 6.07) is 15.2. The number of H-pyrrole nitrogens is 1. The van der Waals surface area contributed by atoms with Crippen LogP contribution >= 0.6 is 0 Å². The van der Waals surface area contributed by atoms with Crippen LogP contribution in [0.15, 0.2) is 53.4 Å². The highest BCUT2D eigenvalue weighted by atomic mass is 32.2. The summed E-state index contributed by atoms with van der Waals surface area (Å²) >= 11 is 0. The van der Waals surface area contributed by atoms with E-state index in [-0.39, 0.29) is 0 Å². The van der Waals surface area contributed by atoms with E-state index in [1.54, 1.807) is 16.4 Å². The van der Waals surface area contributed by atoms with Crippen molar-refractivity contribution in [2.45, 2.75) is 24.8 Å². The highest BCUT2D eigenvalue weighted by Crippen LogP contribution is 2.31. The normalized spacial score (nSPS) is 15.7. The van der Waals surface area contributed by atoms with Crippen LogP contribution in [0.25, 0.3) is 10.9 Å². The van der Waals surface area contributed by atoms with E-state index in [1.165, 1.54) is 0 Å². The van der Waals surface area contributed by atoms with Gasteiger partial charge in [0, 0.05) is 36.1 Å². The molecular formula is C18H18N2O2S. The standard InChI is InChI=1S/C18H18N2O2S/c1-13-6-2-5-9-18(13)23(21,22)20-11-10-17-15(12-20)14-7-3-4-8-16(14)19-17/h2-9,19H,10-12H2,1H3. The van der Waals surface area contributed by atoms with Gasteiger partial charge in [-0.05, 0) is 30.2 Å². The van der Waals surface area contributed by atoms with Crippen molar-refractivity contribution in [3.63, 3.8) is 0 Å². The number of fused-ring (bicyclic) bond motifs is 3. The van der Waals surface area contributed by atoms with Crippen molar-refractivity contribution in [2.24, 2.45) is 0 Å². The molecule has 1 aliphatic heterocycles. The molecule has 3 aromatic rings. The van der Waals surface area contributed by atoms with E-state index in [0.717, 1.165) is 34.1 Å². The molecule has 0 amide bonds. The zero-order valence-corrected chi connectivity index (χ0v) is 13.7. The molecule has 23 heavy (non-hydrogen) atoms. The number of rotatable bonds is 2. The maximum atomic E-state index is 13.0. The molecule has 1 aliphatic rings. The summed E-state index contributed by atoms with van der Waals surface area (Å²) in [6.45, 7) is 2.78. The number of aryl methyl sites for hydroxylation is 1. The van der Waals surface area contributed by atoms with Gasteiger partial charge in [-0.25, -0.2) is 8.42 Å². The molecule has 0 fully saturated rings. The Bertz CT molecular complexity index is 989. The number of aromatic amines is 1. The van der Waals surface area contributed by atoms with E-state index in [4.69, 9.17) is 0 Å². The molecule has 5 heteroatoms. The van der Waals surface area contributed by atoms with E-state index in [0.29, 0.717) is 18.0 Å². The van der Waals surface area contributed by atoms with Gasteiger partial charge in [0.05, 0.1) is 4.90 Å². The summed E-state index contributed by atoms with van der Waals surface area (Å²) in [7, 11) is -3.46. The lowest BCUT2D eigenvalue weighted by molar-refractivity contribution is 0.391. The topological polar surface area (TPSA) is 53.2 Å². The second kappa shape index (κ2) is 5.22. The van der Waals surface area contributed by atoms with E-state index < -0.39 is 10.0 Å². The van der Waals surface area contributed by atoms with E-state index in [2.05, 4.69) is 11.1 Å². The molecule has 0 spiro atoms. The van der Waals surface area contributed by atoms with Crippen LogP contribution in [-0.4, -0.2) is 24.3 Å². The molecule has 2 aromatic carbocycles. The van der Waals surface area contributed by atoms with Gasteiger partial charge in [-0.1, -0.05) is 36.4 Å². The third-order valence-electron chi connectivity index (χ3n) is 4.56. The highest BCUT2D eigenvalue weighted by molar-refractivity contribution is 7.89. The maximum Gasteiger partial charge on any atom is 0.243 e. The number of para-hydroxylation sites is 1. The Morgan fingerprint density at radius 3 is 2.61 bits per heavy atom. The van der Waals surface area contributed by atoms with Crippen LogP contribution in [0.5, 0.6) is 0 Å². The molecule has 0 aliphatic carbocycles. The Morgan fingerprint density at radius 1 is 1.04 bits per heavy atom. The first kappa shape index (κ1) is 14.5. The lowest BCUT2D eigenvalue weighted by Crippen LogP contribution is -2.36. The summed E-state index contributed by atoms with van der Waals surface area (Å²) in [6.07, 6.45) is 0.717. The van der Waals surface area contributed by atoms with E-state index in [1.807, 2.05) is 37.3 Å². The molecule has 0 bridgehead atoms. The number of hydrogen-bond acceptors (Lipinski definition) is 2. The number of nitrogens with zero attached hydrogens (tertiary/aromatic N) is 1. The van der Waals surface area contributed by atoms with Crippen LogP contribution in [0.4, 0.5) is 0 Å². The molecule has 0 unspecified atom stereocenters. The molecule has 0 saturated carbocycles. The molecular weight excluding hydrogens is 308 g/mol. The van der Waals surface area contributed by atoms with Crippen molar-refractivity contribution in [3.05, 3.63) is 65.4 Å². The Kier molecular flexibility index (Phi) is 3.28. The fraction of sp³-hybridized carbons (Fsp3) is 0.222. The van der Waals surface area contributed by atoms with Gasteiger partial charge in [0.15, 0.2) is 0 Å². The van der Waals surface area contributed by atoms with Crippen LogP contribution in [0.3, 0.4) is 0 Å². The molecule has 1 N–H and O–H groups in total. The van der Waals surface area contributed by atoms with Crippen LogP contribution in [0, 0.1) is 6.92 Å². The third kappa shape index (κ3) is 2.28. The largest absolute Gasteiger partial charge is 0.358 e. The monoisotopic (exact) mass is 326 g/mol. The molecule has 4 rings (SSSR count).